The van der Waals surface area contributed by atoms with E-state index in [1.165, 1.54) is 25.0 Å². The SMILES string of the molecule is CCS[C@H]1CC[C@@H](N(C)Cc2cc(=O)n3ccccc3n2)C1. The van der Waals surface area contributed by atoms with Gasteiger partial charge >= 0.3 is 0 Å². The minimum Gasteiger partial charge on any atom is -0.298 e. The topological polar surface area (TPSA) is 37.6 Å². The second-order valence-electron chi connectivity index (χ2n) is 5.97. The van der Waals surface area contributed by atoms with Crippen molar-refractivity contribution in [2.45, 2.75) is 44.0 Å². The summed E-state index contributed by atoms with van der Waals surface area (Å²) in [7, 11) is 2.15. The van der Waals surface area contributed by atoms with Crippen molar-refractivity contribution in [1.82, 2.24) is 14.3 Å². The molecule has 2 atom stereocenters. The van der Waals surface area contributed by atoms with Crippen molar-refractivity contribution in [2.24, 2.45) is 0 Å². The maximum absolute atomic E-state index is 12.1. The summed E-state index contributed by atoms with van der Waals surface area (Å²) in [6.07, 6.45) is 5.57. The minimum absolute atomic E-state index is 0.000151. The molecule has 2 heterocycles. The van der Waals surface area contributed by atoms with Crippen molar-refractivity contribution in [1.29, 1.82) is 0 Å². The lowest BCUT2D eigenvalue weighted by atomic mass is 10.2. The molecule has 0 saturated heterocycles. The van der Waals surface area contributed by atoms with Crippen molar-refractivity contribution in [3.63, 3.8) is 0 Å². The second kappa shape index (κ2) is 6.84. The number of nitrogens with zero attached hydrogens (tertiary/aromatic N) is 3. The minimum atomic E-state index is -0.000151. The van der Waals surface area contributed by atoms with Crippen LogP contribution < -0.4 is 5.56 Å². The van der Waals surface area contributed by atoms with E-state index in [0.29, 0.717) is 6.04 Å². The van der Waals surface area contributed by atoms with Crippen LogP contribution in [0.1, 0.15) is 31.9 Å². The van der Waals surface area contributed by atoms with Gasteiger partial charge in [0.25, 0.3) is 5.56 Å². The number of hydrogen-bond acceptors (Lipinski definition) is 4. The normalized spacial score (nSPS) is 21.8. The van der Waals surface area contributed by atoms with Crippen LogP contribution in [0, 0.1) is 0 Å². The van der Waals surface area contributed by atoms with E-state index in [0.717, 1.165) is 23.1 Å². The third kappa shape index (κ3) is 3.36. The van der Waals surface area contributed by atoms with Crippen LogP contribution in [0.5, 0.6) is 0 Å². The molecule has 2 aromatic heterocycles. The van der Waals surface area contributed by atoms with E-state index in [1.807, 2.05) is 18.2 Å². The largest absolute Gasteiger partial charge is 0.298 e. The molecule has 0 amide bonds. The number of rotatable bonds is 5. The van der Waals surface area contributed by atoms with E-state index in [2.05, 4.69) is 35.6 Å². The first-order valence-electron chi connectivity index (χ1n) is 7.96. The first-order chi connectivity index (χ1) is 10.7. The van der Waals surface area contributed by atoms with Gasteiger partial charge in [-0.25, -0.2) is 4.98 Å². The third-order valence-electron chi connectivity index (χ3n) is 4.42. The molecule has 0 unspecified atom stereocenters. The molecule has 1 fully saturated rings. The van der Waals surface area contributed by atoms with Crippen molar-refractivity contribution in [3.05, 3.63) is 46.5 Å². The molecule has 1 aliphatic carbocycles. The van der Waals surface area contributed by atoms with Gasteiger partial charge in [0, 0.05) is 30.1 Å². The van der Waals surface area contributed by atoms with Crippen molar-refractivity contribution in [2.75, 3.05) is 12.8 Å². The molecular formula is C17H23N3OS. The van der Waals surface area contributed by atoms with Gasteiger partial charge in [0.1, 0.15) is 5.65 Å². The Morgan fingerprint density at radius 2 is 2.27 bits per heavy atom. The smallest absolute Gasteiger partial charge is 0.258 e. The monoisotopic (exact) mass is 317 g/mol. The summed E-state index contributed by atoms with van der Waals surface area (Å²) >= 11 is 2.08. The Labute approximate surface area is 135 Å². The Hall–Kier alpha value is -1.33. The van der Waals surface area contributed by atoms with E-state index >= 15 is 0 Å². The lowest BCUT2D eigenvalue weighted by molar-refractivity contribution is 0.235. The highest BCUT2D eigenvalue weighted by Crippen LogP contribution is 2.32. The van der Waals surface area contributed by atoms with E-state index in [4.69, 9.17) is 0 Å². The number of pyridine rings is 1. The first-order valence-corrected chi connectivity index (χ1v) is 9.01. The molecule has 1 aliphatic rings. The fraction of sp³-hybridized carbons (Fsp3) is 0.529. The molecule has 0 aromatic carbocycles. The van der Waals surface area contributed by atoms with Crippen LogP contribution in [-0.4, -0.2) is 38.4 Å². The summed E-state index contributed by atoms with van der Waals surface area (Å²) in [5.74, 6) is 1.20. The predicted molar refractivity (Wildman–Crippen MR) is 92.5 cm³/mol. The Kier molecular flexibility index (Phi) is 4.84. The maximum atomic E-state index is 12.1. The lowest BCUT2D eigenvalue weighted by Gasteiger charge is -2.24. The summed E-state index contributed by atoms with van der Waals surface area (Å²) in [6.45, 7) is 2.98. The summed E-state index contributed by atoms with van der Waals surface area (Å²) in [5.41, 5.74) is 1.59. The summed E-state index contributed by atoms with van der Waals surface area (Å²) in [6, 6.07) is 7.93. The summed E-state index contributed by atoms with van der Waals surface area (Å²) in [5, 5.41) is 0.799. The van der Waals surface area contributed by atoms with Gasteiger partial charge in [-0.1, -0.05) is 13.0 Å². The van der Waals surface area contributed by atoms with Gasteiger partial charge in [-0.05, 0) is 44.2 Å². The first kappa shape index (κ1) is 15.6. The molecule has 0 aliphatic heterocycles. The summed E-state index contributed by atoms with van der Waals surface area (Å²) in [4.78, 5) is 19.1. The van der Waals surface area contributed by atoms with Crippen molar-refractivity contribution in [3.8, 4) is 0 Å². The van der Waals surface area contributed by atoms with E-state index in [9.17, 15) is 4.79 Å². The molecule has 4 nitrogen and oxygen atoms in total. The zero-order valence-electron chi connectivity index (χ0n) is 13.2. The molecule has 0 bridgehead atoms. The zero-order chi connectivity index (χ0) is 15.5. The van der Waals surface area contributed by atoms with Crippen LogP contribution in [0.15, 0.2) is 35.3 Å². The van der Waals surface area contributed by atoms with Crippen LogP contribution in [0.3, 0.4) is 0 Å². The van der Waals surface area contributed by atoms with Crippen LogP contribution in [0.25, 0.3) is 5.65 Å². The maximum Gasteiger partial charge on any atom is 0.258 e. The van der Waals surface area contributed by atoms with Crippen LogP contribution in [0.4, 0.5) is 0 Å². The number of fused-ring (bicyclic) bond motifs is 1. The van der Waals surface area contributed by atoms with Gasteiger partial charge in [0.15, 0.2) is 0 Å². The molecule has 22 heavy (non-hydrogen) atoms. The molecule has 0 spiro atoms. The highest BCUT2D eigenvalue weighted by atomic mass is 32.2. The lowest BCUT2D eigenvalue weighted by Crippen LogP contribution is -2.30. The van der Waals surface area contributed by atoms with Gasteiger partial charge in [-0.15, -0.1) is 0 Å². The molecule has 2 aromatic rings. The average Bonchev–Trinajstić information content (AvgIpc) is 2.96. The number of thioether (sulfide) groups is 1. The Morgan fingerprint density at radius 1 is 1.41 bits per heavy atom. The molecule has 1 saturated carbocycles. The molecule has 5 heteroatoms. The Balaban J connectivity index is 1.72. The highest BCUT2D eigenvalue weighted by Gasteiger charge is 2.27. The third-order valence-corrected chi connectivity index (χ3v) is 5.65. The average molecular weight is 317 g/mol. The van der Waals surface area contributed by atoms with E-state index in [-0.39, 0.29) is 5.56 Å². The fourth-order valence-corrected chi connectivity index (χ4v) is 4.41. The highest BCUT2D eigenvalue weighted by molar-refractivity contribution is 7.99. The van der Waals surface area contributed by atoms with E-state index in [1.54, 1.807) is 16.7 Å². The predicted octanol–water partition coefficient (Wildman–Crippen LogP) is 2.80. The van der Waals surface area contributed by atoms with Gasteiger partial charge < -0.3 is 0 Å². The van der Waals surface area contributed by atoms with Crippen molar-refractivity contribution >= 4 is 17.4 Å². The fourth-order valence-electron chi connectivity index (χ4n) is 3.27. The Morgan fingerprint density at radius 3 is 3.09 bits per heavy atom. The van der Waals surface area contributed by atoms with Crippen LogP contribution in [0.2, 0.25) is 0 Å². The van der Waals surface area contributed by atoms with Crippen LogP contribution in [-0.2, 0) is 6.54 Å². The molecule has 118 valence electrons. The summed E-state index contributed by atoms with van der Waals surface area (Å²) < 4.78 is 1.59. The van der Waals surface area contributed by atoms with E-state index < -0.39 is 0 Å². The van der Waals surface area contributed by atoms with Crippen LogP contribution >= 0.6 is 11.8 Å². The standard InChI is InChI=1S/C17H23N3OS/c1-3-22-15-8-7-14(11-15)19(2)12-13-10-17(21)20-9-5-4-6-16(20)18-13/h4-6,9-10,14-15H,3,7-8,11-12H2,1-2H3/t14-,15+/m1/s1. The molecule has 3 rings (SSSR count). The van der Waals surface area contributed by atoms with Gasteiger partial charge in [0.05, 0.1) is 5.69 Å². The molecule has 0 N–H and O–H groups in total. The molecular weight excluding hydrogens is 294 g/mol. The quantitative estimate of drug-likeness (QED) is 0.850. The zero-order valence-corrected chi connectivity index (χ0v) is 14.1. The van der Waals surface area contributed by atoms with Gasteiger partial charge in [-0.2, -0.15) is 11.8 Å². The van der Waals surface area contributed by atoms with Gasteiger partial charge in [0.2, 0.25) is 0 Å². The van der Waals surface area contributed by atoms with Crippen molar-refractivity contribution < 1.29 is 0 Å². The molecule has 0 radical (unpaired) electrons. The number of hydrogen-bond donors (Lipinski definition) is 0. The second-order valence-corrected chi connectivity index (χ2v) is 7.55. The number of aromatic nitrogens is 2. The Bertz CT molecular complexity index is 700. The van der Waals surface area contributed by atoms with Gasteiger partial charge in [-0.3, -0.25) is 14.1 Å².